The summed E-state index contributed by atoms with van der Waals surface area (Å²) in [6.45, 7) is 1.81. The number of hydrogen-bond acceptors (Lipinski definition) is 7. The van der Waals surface area contributed by atoms with E-state index in [2.05, 4.69) is 10.6 Å². The van der Waals surface area contributed by atoms with Gasteiger partial charge in [-0.2, -0.15) is 0 Å². The van der Waals surface area contributed by atoms with E-state index < -0.39 is 30.2 Å². The number of carboxylic acids is 2. The number of carbonyl (C=O) groups excluding carboxylic acids is 4. The number of unbranched alkanes of at least 4 members (excludes halogenated alkanes) is 1. The zero-order valence-corrected chi connectivity index (χ0v) is 24.3. The van der Waals surface area contributed by atoms with E-state index >= 15 is 0 Å². The number of Topliss-reactive ketones (excluding diaryl/α,β-unsaturated/α-hetero) is 1. The summed E-state index contributed by atoms with van der Waals surface area (Å²) in [5.74, 6) is -3.35. The second-order valence-corrected chi connectivity index (χ2v) is 10.4. The van der Waals surface area contributed by atoms with Crippen LogP contribution < -0.4 is 13.9 Å². The van der Waals surface area contributed by atoms with Crippen LogP contribution in [-0.2, 0) is 35.1 Å². The number of rotatable bonds is 17. The van der Waals surface area contributed by atoms with Gasteiger partial charge in [0.1, 0.15) is 11.8 Å². The quantitative estimate of drug-likeness (QED) is 0.167. The number of aliphatic carboxylic acids is 2. The Balaban J connectivity index is 2.31. The number of amides is 3. The first-order valence-corrected chi connectivity index (χ1v) is 13.5. The molecule has 0 bridgehead atoms. The van der Waals surface area contributed by atoms with Crippen LogP contribution in [0.1, 0.15) is 51.0 Å². The van der Waals surface area contributed by atoms with Crippen LogP contribution in [0.4, 0.5) is 4.79 Å². The summed E-state index contributed by atoms with van der Waals surface area (Å²) in [7, 11) is 1.64. The molecule has 13 heteroatoms. The number of carbonyl (C=O) groups is 6. The topological polar surface area (TPSA) is 179 Å². The van der Waals surface area contributed by atoms with E-state index in [1.165, 1.54) is 11.8 Å². The molecule has 0 radical (unpaired) electrons. The summed E-state index contributed by atoms with van der Waals surface area (Å²) in [6, 6.07) is 6.35. The van der Waals surface area contributed by atoms with Crippen molar-refractivity contribution in [3.05, 3.63) is 29.8 Å². The number of nitrogens with one attached hydrogen (secondary N) is 2. The Labute approximate surface area is 236 Å². The van der Waals surface area contributed by atoms with E-state index in [-0.39, 0.29) is 62.8 Å². The molecule has 0 aliphatic heterocycles. The Hall–Kier alpha value is -3.08. The fraction of sp³-hybridized carbons (Fsp3) is 0.520. The molecule has 1 aromatic carbocycles. The number of hydrogen-bond donors (Lipinski definition) is 4. The number of nitrogens with zero attached hydrogens (tertiary/aromatic N) is 1. The van der Waals surface area contributed by atoms with E-state index in [1.807, 2.05) is 24.3 Å². The molecule has 4 N–H and O–H groups in total. The second kappa shape index (κ2) is 17.4. The molecule has 0 heterocycles. The zero-order chi connectivity index (χ0) is 28.7. The molecular weight excluding hydrogens is 697 g/mol. The molecule has 1 aromatic rings. The molecular formula is C25H34AtN3O9. The Morgan fingerprint density at radius 2 is 1.63 bits per heavy atom. The third kappa shape index (κ3) is 14.0. The minimum absolute atomic E-state index is 0.0407. The first-order chi connectivity index (χ1) is 17.9. The Bertz CT molecular complexity index is 985. The summed E-state index contributed by atoms with van der Waals surface area (Å²) in [6.07, 6.45) is -1.85. The molecule has 0 aliphatic rings. The molecule has 1 rings (SSSR count). The molecule has 38 heavy (non-hydrogen) atoms. The average Bonchev–Trinajstić information content (AvgIpc) is 2.84. The molecule has 3 amide bonds. The van der Waals surface area contributed by atoms with Gasteiger partial charge < -0.3 is 25.1 Å². The van der Waals surface area contributed by atoms with Gasteiger partial charge in [0.2, 0.25) is 6.10 Å². The average molecular weight is 732 g/mol. The molecule has 0 aliphatic carbocycles. The van der Waals surface area contributed by atoms with Gasteiger partial charge in [-0.3, -0.25) is 0 Å². The predicted octanol–water partition coefficient (Wildman–Crippen LogP) is 0.541. The number of alkyl carbamates (subject to hydrolysis) is 1. The molecule has 0 saturated heterocycles. The van der Waals surface area contributed by atoms with Crippen LogP contribution in [0.5, 0.6) is 0 Å². The van der Waals surface area contributed by atoms with Gasteiger partial charge in [0.05, 0.1) is 0 Å². The molecule has 0 spiro atoms. The van der Waals surface area contributed by atoms with Crippen LogP contribution in [0.25, 0.3) is 0 Å². The van der Waals surface area contributed by atoms with Gasteiger partial charge >= 0.3 is 140 Å². The van der Waals surface area contributed by atoms with Gasteiger partial charge in [-0.25, -0.2) is 14.4 Å². The van der Waals surface area contributed by atoms with Crippen molar-refractivity contribution in [1.29, 1.82) is 0 Å². The summed E-state index contributed by atoms with van der Waals surface area (Å²) in [5, 5.41) is 23.2. The van der Waals surface area contributed by atoms with Crippen molar-refractivity contribution in [2.75, 3.05) is 20.1 Å². The molecule has 0 fully saturated rings. The van der Waals surface area contributed by atoms with Gasteiger partial charge in [0.25, 0.3) is 0 Å². The van der Waals surface area contributed by atoms with Crippen molar-refractivity contribution < 1.29 is 68.4 Å². The number of ether oxygens (including phenoxy) is 1. The van der Waals surface area contributed by atoms with Crippen LogP contribution in [0.15, 0.2) is 24.3 Å². The fourth-order valence-electron chi connectivity index (χ4n) is 3.22. The van der Waals surface area contributed by atoms with E-state index in [0.29, 0.717) is 12.8 Å². The van der Waals surface area contributed by atoms with E-state index in [9.17, 15) is 33.9 Å². The maximum Gasteiger partial charge on any atom is 0.345 e. The largest absolute Gasteiger partial charge is 0.480 e. The maximum atomic E-state index is 12.3. The SMILES string of the molecule is CC(=O)CC[C@H](NC(=O)O[C@@H](CCCCNC(=O)CCN(C)C(=O)Cc1ccc([211At])cc1)C(=O)O)C(=O)O. The van der Waals surface area contributed by atoms with Crippen LogP contribution >= 0.6 is 0 Å². The van der Waals surface area contributed by atoms with Gasteiger partial charge in [-0.1, -0.05) is 0 Å². The summed E-state index contributed by atoms with van der Waals surface area (Å²) < 4.78 is 6.00. The van der Waals surface area contributed by atoms with Crippen LogP contribution in [-0.4, -0.2) is 83.0 Å². The van der Waals surface area contributed by atoms with E-state index in [1.54, 1.807) is 31.8 Å². The fourth-order valence-corrected chi connectivity index (χ4v) is 3.71. The first kappa shape index (κ1) is 33.0. The molecule has 0 unspecified atom stereocenters. The predicted molar refractivity (Wildman–Crippen MR) is 131 cm³/mol. The van der Waals surface area contributed by atoms with Crippen LogP contribution in [0.3, 0.4) is 0 Å². The number of likely N-dealkylation sites (N-methyl/N-ethyl adjacent to an activating group) is 1. The molecule has 210 valence electrons. The zero-order valence-electron chi connectivity index (χ0n) is 21.4. The van der Waals surface area contributed by atoms with Crippen molar-refractivity contribution in [3.8, 4) is 0 Å². The van der Waals surface area contributed by atoms with Gasteiger partial charge in [-0.15, -0.1) is 0 Å². The molecule has 0 saturated carbocycles. The van der Waals surface area contributed by atoms with E-state index in [4.69, 9.17) is 9.84 Å². The number of ketones is 1. The van der Waals surface area contributed by atoms with Gasteiger partial charge in [0, 0.05) is 6.42 Å². The minimum Gasteiger partial charge on any atom is -0.480 e. The van der Waals surface area contributed by atoms with Crippen molar-refractivity contribution >= 4 is 38.9 Å². The third-order valence-electron chi connectivity index (χ3n) is 5.48. The molecule has 12 nitrogen and oxygen atoms in total. The van der Waals surface area contributed by atoms with Crippen molar-refractivity contribution in [2.24, 2.45) is 0 Å². The third-order valence-corrected chi connectivity index (χ3v) is 6.46. The van der Waals surface area contributed by atoms with Crippen molar-refractivity contribution in [2.45, 2.75) is 64.0 Å². The van der Waals surface area contributed by atoms with Crippen molar-refractivity contribution in [1.82, 2.24) is 15.5 Å². The van der Waals surface area contributed by atoms with E-state index in [0.717, 1.165) is 8.83 Å². The smallest absolute Gasteiger partial charge is 0.345 e. The summed E-state index contributed by atoms with van der Waals surface area (Å²) >= 11 is 1.56. The standard InChI is InChI=1S/C25H34AtN3O9/c1-16(30)6-11-19(23(33)34)28-25(37)38-20(24(35)36)5-3-4-13-27-21(31)12-14-29(2)22(32)15-17-7-9-18(26)10-8-17/h7-10,19-20H,3-6,11-15H2,1-2H3,(H,27,31)(H,28,37)(H,33,34)(H,35,36)/t19-,20-/m0/s1/i26+1. The summed E-state index contributed by atoms with van der Waals surface area (Å²) in [5.41, 5.74) is 0.905. The molecule has 0 aromatic heterocycles. The normalized spacial score (nSPS) is 12.1. The summed E-state index contributed by atoms with van der Waals surface area (Å²) in [4.78, 5) is 71.5. The van der Waals surface area contributed by atoms with Gasteiger partial charge in [0.15, 0.2) is 0 Å². The van der Waals surface area contributed by atoms with Crippen molar-refractivity contribution in [3.63, 3.8) is 0 Å². The Morgan fingerprint density at radius 1 is 0.974 bits per heavy atom. The van der Waals surface area contributed by atoms with Crippen LogP contribution in [0, 0.1) is 24.7 Å². The molecule has 2 atom stereocenters. The maximum absolute atomic E-state index is 12.3. The Kier molecular flexibility index (Phi) is 15.1. The first-order valence-electron chi connectivity index (χ1n) is 12.1. The number of carboxylic acid groups (broad SMARTS) is 2. The van der Waals surface area contributed by atoms with Crippen LogP contribution in [0.2, 0.25) is 0 Å². The van der Waals surface area contributed by atoms with Gasteiger partial charge in [-0.05, 0) is 32.6 Å². The number of benzene rings is 1. The second-order valence-electron chi connectivity index (χ2n) is 8.72. The minimum atomic E-state index is -1.50. The Morgan fingerprint density at radius 3 is 2.21 bits per heavy atom. The monoisotopic (exact) mass is 731 g/mol.